The summed E-state index contributed by atoms with van der Waals surface area (Å²) in [6.45, 7) is 0.424. The first-order valence-electron chi connectivity index (χ1n) is 8.94. The van der Waals surface area contributed by atoms with E-state index in [1.54, 1.807) is 25.6 Å². The van der Waals surface area contributed by atoms with Crippen molar-refractivity contribution in [3.05, 3.63) is 70.2 Å². The highest BCUT2D eigenvalue weighted by molar-refractivity contribution is 14.0. The third-order valence-corrected chi connectivity index (χ3v) is 5.11. The highest BCUT2D eigenvalue weighted by atomic mass is 127. The summed E-state index contributed by atoms with van der Waals surface area (Å²) in [5, 5.41) is 6.20. The van der Waals surface area contributed by atoms with Crippen LogP contribution in [0.5, 0.6) is 11.5 Å². The molecule has 3 N–H and O–H groups in total. The van der Waals surface area contributed by atoms with Gasteiger partial charge < -0.3 is 20.5 Å². The number of thiazole rings is 1. The van der Waals surface area contributed by atoms with Gasteiger partial charge in [0, 0.05) is 17.9 Å². The van der Waals surface area contributed by atoms with Crippen LogP contribution in [-0.4, -0.2) is 25.2 Å². The van der Waals surface area contributed by atoms with Gasteiger partial charge in [-0.2, -0.15) is 0 Å². The van der Waals surface area contributed by atoms with E-state index < -0.39 is 0 Å². The van der Waals surface area contributed by atoms with Crippen LogP contribution in [0.2, 0.25) is 0 Å². The van der Waals surface area contributed by atoms with Gasteiger partial charge in [-0.3, -0.25) is 0 Å². The van der Waals surface area contributed by atoms with Crippen molar-refractivity contribution in [2.24, 2.45) is 10.7 Å². The van der Waals surface area contributed by atoms with E-state index in [1.807, 2.05) is 29.6 Å². The topological polar surface area (TPSA) is 81.8 Å². The summed E-state index contributed by atoms with van der Waals surface area (Å²) in [6.07, 6.45) is 1.91. The van der Waals surface area contributed by atoms with Crippen LogP contribution in [0.3, 0.4) is 0 Å². The minimum Gasteiger partial charge on any atom is -0.497 e. The molecule has 29 heavy (non-hydrogen) atoms. The molecule has 0 saturated heterocycles. The number of nitrogens with zero attached hydrogens (tertiary/aromatic N) is 2. The zero-order valence-corrected chi connectivity index (χ0v) is 19.6. The molecule has 0 amide bonds. The number of hydrogen-bond donors (Lipinski definition) is 2. The lowest BCUT2D eigenvalue weighted by Gasteiger charge is -2.12. The first kappa shape index (κ1) is 23.0. The molecule has 0 spiro atoms. The number of hydrogen-bond acceptors (Lipinski definition) is 5. The molecule has 3 aromatic rings. The van der Waals surface area contributed by atoms with E-state index >= 15 is 0 Å². The highest BCUT2D eigenvalue weighted by Crippen LogP contribution is 2.28. The predicted molar refractivity (Wildman–Crippen MR) is 130 cm³/mol. The van der Waals surface area contributed by atoms with Crippen LogP contribution >= 0.6 is 35.3 Å². The summed E-state index contributed by atoms with van der Waals surface area (Å²) >= 11 is 1.66. The number of halogens is 1. The summed E-state index contributed by atoms with van der Waals surface area (Å²) in [7, 11) is 3.22. The summed E-state index contributed by atoms with van der Waals surface area (Å²) in [6, 6.07) is 15.9. The van der Waals surface area contributed by atoms with Gasteiger partial charge in [-0.1, -0.05) is 30.3 Å². The van der Waals surface area contributed by atoms with Crippen molar-refractivity contribution in [1.29, 1.82) is 0 Å². The number of anilines is 1. The van der Waals surface area contributed by atoms with Crippen molar-refractivity contribution in [3.63, 3.8) is 0 Å². The Bertz CT molecular complexity index is 931. The lowest BCUT2D eigenvalue weighted by molar-refractivity contribution is 0.405. The molecule has 0 saturated carbocycles. The minimum absolute atomic E-state index is 0. The fourth-order valence-corrected chi connectivity index (χ4v) is 3.48. The van der Waals surface area contributed by atoms with Crippen molar-refractivity contribution in [1.82, 2.24) is 4.98 Å². The van der Waals surface area contributed by atoms with Gasteiger partial charge in [-0.05, 0) is 24.1 Å². The third kappa shape index (κ3) is 6.90. The molecule has 0 bridgehead atoms. The van der Waals surface area contributed by atoms with E-state index in [4.69, 9.17) is 15.2 Å². The quantitative estimate of drug-likeness (QED) is 0.258. The average molecular weight is 524 g/mol. The van der Waals surface area contributed by atoms with E-state index in [0.717, 1.165) is 23.5 Å². The molecule has 0 atom stereocenters. The molecule has 6 nitrogen and oxygen atoms in total. The van der Waals surface area contributed by atoms with Gasteiger partial charge in [0.05, 0.1) is 37.2 Å². The maximum atomic E-state index is 6.03. The molecule has 1 aromatic heterocycles. The molecule has 0 fully saturated rings. The number of methoxy groups -OCH3 is 2. The average Bonchev–Trinajstić information content (AvgIpc) is 3.19. The van der Waals surface area contributed by atoms with Crippen molar-refractivity contribution >= 4 is 47.0 Å². The molecular weight excluding hydrogens is 499 g/mol. The predicted octanol–water partition coefficient (Wildman–Crippen LogP) is 4.49. The van der Waals surface area contributed by atoms with Crippen LogP contribution in [0.4, 0.5) is 5.69 Å². The first-order valence-corrected chi connectivity index (χ1v) is 9.82. The van der Waals surface area contributed by atoms with Crippen LogP contribution in [-0.2, 0) is 19.4 Å². The number of benzene rings is 2. The molecule has 0 aliphatic rings. The zero-order valence-electron chi connectivity index (χ0n) is 16.4. The highest BCUT2D eigenvalue weighted by Gasteiger charge is 2.07. The smallest absolute Gasteiger partial charge is 0.193 e. The van der Waals surface area contributed by atoms with Gasteiger partial charge in [0.1, 0.15) is 11.5 Å². The summed E-state index contributed by atoms with van der Waals surface area (Å²) in [4.78, 5) is 9.03. The number of ether oxygens (including phenoxy) is 2. The Hall–Kier alpha value is -2.33. The van der Waals surface area contributed by atoms with E-state index in [2.05, 4.69) is 39.6 Å². The standard InChI is InChI=1S/C21H24N4O2S.HI/c1-26-17-9-10-19(27-2)18(12-17)25-21(22)23-13-16-14-28-20(24-16)11-8-15-6-4-3-5-7-15;/h3-7,9-10,12,14H,8,11,13H2,1-2H3,(H3,22,23,25);1H. The van der Waals surface area contributed by atoms with Crippen molar-refractivity contribution in [2.45, 2.75) is 19.4 Å². The second kappa shape index (κ2) is 11.6. The molecular formula is C21H25IN4O2S. The molecule has 0 aliphatic heterocycles. The van der Waals surface area contributed by atoms with Gasteiger partial charge in [-0.15, -0.1) is 35.3 Å². The van der Waals surface area contributed by atoms with Gasteiger partial charge >= 0.3 is 0 Å². The Morgan fingerprint density at radius 3 is 2.62 bits per heavy atom. The minimum atomic E-state index is 0. The molecule has 3 rings (SSSR count). The van der Waals surface area contributed by atoms with Gasteiger partial charge in [0.2, 0.25) is 0 Å². The van der Waals surface area contributed by atoms with Crippen molar-refractivity contribution in [2.75, 3.05) is 19.5 Å². The van der Waals surface area contributed by atoms with E-state index in [0.29, 0.717) is 29.7 Å². The second-order valence-corrected chi connectivity index (χ2v) is 7.05. The lowest BCUT2D eigenvalue weighted by atomic mass is 10.1. The molecule has 2 aromatic carbocycles. The molecule has 8 heteroatoms. The van der Waals surface area contributed by atoms with Crippen LogP contribution < -0.4 is 20.5 Å². The van der Waals surface area contributed by atoms with Gasteiger partial charge in [0.15, 0.2) is 5.96 Å². The summed E-state index contributed by atoms with van der Waals surface area (Å²) in [5.41, 5.74) is 8.96. The number of aromatic nitrogens is 1. The Balaban J connectivity index is 0.00000300. The number of guanidine groups is 1. The van der Waals surface area contributed by atoms with E-state index in [1.165, 1.54) is 5.56 Å². The van der Waals surface area contributed by atoms with E-state index in [-0.39, 0.29) is 24.0 Å². The van der Waals surface area contributed by atoms with Crippen LogP contribution in [0.15, 0.2) is 58.9 Å². The molecule has 0 aliphatic carbocycles. The van der Waals surface area contributed by atoms with Crippen LogP contribution in [0, 0.1) is 0 Å². The lowest BCUT2D eigenvalue weighted by Crippen LogP contribution is -2.23. The second-order valence-electron chi connectivity index (χ2n) is 6.11. The van der Waals surface area contributed by atoms with E-state index in [9.17, 15) is 0 Å². The first-order chi connectivity index (χ1) is 13.7. The van der Waals surface area contributed by atoms with Crippen LogP contribution in [0.25, 0.3) is 0 Å². The molecule has 1 heterocycles. The summed E-state index contributed by atoms with van der Waals surface area (Å²) in [5.74, 6) is 1.67. The maximum Gasteiger partial charge on any atom is 0.193 e. The molecule has 154 valence electrons. The fourth-order valence-electron chi connectivity index (χ4n) is 2.69. The van der Waals surface area contributed by atoms with Gasteiger partial charge in [0.25, 0.3) is 0 Å². The fraction of sp³-hybridized carbons (Fsp3) is 0.238. The Morgan fingerprint density at radius 2 is 1.90 bits per heavy atom. The normalized spacial score (nSPS) is 10.9. The number of nitrogens with one attached hydrogen (secondary N) is 1. The Morgan fingerprint density at radius 1 is 1.10 bits per heavy atom. The number of rotatable bonds is 8. The third-order valence-electron chi connectivity index (χ3n) is 4.15. The summed E-state index contributed by atoms with van der Waals surface area (Å²) < 4.78 is 10.6. The molecule has 0 unspecified atom stereocenters. The maximum absolute atomic E-state index is 6.03. The van der Waals surface area contributed by atoms with Crippen molar-refractivity contribution < 1.29 is 9.47 Å². The zero-order chi connectivity index (χ0) is 19.8. The van der Waals surface area contributed by atoms with Gasteiger partial charge in [-0.25, -0.2) is 9.98 Å². The SMILES string of the molecule is COc1ccc(OC)c(NC(N)=NCc2csc(CCc3ccccc3)n2)c1.I. The van der Waals surface area contributed by atoms with Crippen LogP contribution in [0.1, 0.15) is 16.3 Å². The molecule has 0 radical (unpaired) electrons. The Kier molecular flexibility index (Phi) is 9.20. The van der Waals surface area contributed by atoms with Crippen molar-refractivity contribution in [3.8, 4) is 11.5 Å². The Labute approximate surface area is 192 Å². The monoisotopic (exact) mass is 524 g/mol. The number of nitrogens with two attached hydrogens (primary N) is 1. The number of aliphatic imine (C=N–C) groups is 1. The largest absolute Gasteiger partial charge is 0.497 e. The number of aryl methyl sites for hydroxylation is 2.